The van der Waals surface area contributed by atoms with Gasteiger partial charge in [-0.25, -0.2) is 9.97 Å². The predicted octanol–water partition coefficient (Wildman–Crippen LogP) is 15.7. The molecule has 0 fully saturated rings. The first-order valence-electron chi connectivity index (χ1n) is 20.0. The van der Waals surface area contributed by atoms with Crippen molar-refractivity contribution in [3.05, 3.63) is 176 Å². The molecule has 0 bridgehead atoms. The van der Waals surface area contributed by atoms with Crippen molar-refractivity contribution in [3.63, 3.8) is 0 Å². The third kappa shape index (κ3) is 4.25. The van der Waals surface area contributed by atoms with Gasteiger partial charge in [-0.1, -0.05) is 140 Å². The number of rotatable bonds is 3. The molecule has 0 radical (unpaired) electrons. The van der Waals surface area contributed by atoms with Gasteiger partial charge in [-0.05, 0) is 68.7 Å². The molecule has 0 N–H and O–H groups in total. The van der Waals surface area contributed by atoms with Gasteiger partial charge in [0.05, 0.1) is 32.6 Å². The van der Waals surface area contributed by atoms with Crippen molar-refractivity contribution in [1.82, 2.24) is 14.5 Å². The molecule has 0 aliphatic rings. The van der Waals surface area contributed by atoms with Gasteiger partial charge in [-0.3, -0.25) is 0 Å². The van der Waals surface area contributed by atoms with Crippen LogP contribution in [0.15, 0.2) is 176 Å². The van der Waals surface area contributed by atoms with E-state index in [-0.39, 0.29) is 0 Å². The maximum Gasteiger partial charge on any atom is 0.161 e. The molecule has 0 aliphatic carbocycles. The summed E-state index contributed by atoms with van der Waals surface area (Å²) in [6.45, 7) is 0. The molecule has 0 spiro atoms. The van der Waals surface area contributed by atoms with Gasteiger partial charge in [0.1, 0.15) is 0 Å². The van der Waals surface area contributed by atoms with Gasteiger partial charge >= 0.3 is 0 Å². The summed E-state index contributed by atoms with van der Waals surface area (Å²) in [6.07, 6.45) is 0. The van der Waals surface area contributed by atoms with Crippen molar-refractivity contribution in [2.24, 2.45) is 0 Å². The molecule has 5 heteroatoms. The van der Waals surface area contributed by atoms with E-state index < -0.39 is 0 Å². The molecular formula is C54H29N3S2. The second kappa shape index (κ2) is 11.7. The zero-order valence-electron chi connectivity index (χ0n) is 31.4. The van der Waals surface area contributed by atoms with Crippen LogP contribution in [-0.4, -0.2) is 14.5 Å². The van der Waals surface area contributed by atoms with Crippen LogP contribution < -0.4 is 0 Å². The van der Waals surface area contributed by atoms with Gasteiger partial charge in [0.2, 0.25) is 0 Å². The van der Waals surface area contributed by atoms with Crippen LogP contribution in [0.1, 0.15) is 0 Å². The van der Waals surface area contributed by atoms with Crippen molar-refractivity contribution >= 4 is 128 Å². The molecule has 0 unspecified atom stereocenters. The minimum atomic E-state index is 0.739. The maximum absolute atomic E-state index is 5.59. The van der Waals surface area contributed by atoms with E-state index in [9.17, 15) is 0 Å². The molecule has 0 saturated heterocycles. The van der Waals surface area contributed by atoms with Crippen LogP contribution >= 0.6 is 22.7 Å². The fourth-order valence-electron chi connectivity index (χ4n) is 10.1. The highest BCUT2D eigenvalue weighted by molar-refractivity contribution is 7.27. The summed E-state index contributed by atoms with van der Waals surface area (Å²) in [5.41, 5.74) is 7.74. The van der Waals surface area contributed by atoms with Crippen molar-refractivity contribution in [1.29, 1.82) is 0 Å². The molecule has 272 valence electrons. The van der Waals surface area contributed by atoms with E-state index in [0.717, 1.165) is 54.7 Å². The van der Waals surface area contributed by atoms with Gasteiger partial charge < -0.3 is 4.57 Å². The zero-order chi connectivity index (χ0) is 38.3. The lowest BCUT2D eigenvalue weighted by Crippen LogP contribution is -1.98. The Morgan fingerprint density at radius 3 is 1.86 bits per heavy atom. The summed E-state index contributed by atoms with van der Waals surface area (Å²) >= 11 is 3.64. The van der Waals surface area contributed by atoms with E-state index in [1.54, 1.807) is 11.3 Å². The topological polar surface area (TPSA) is 30.7 Å². The Hall–Kier alpha value is -7.18. The molecule has 0 saturated carbocycles. The number of fused-ring (bicyclic) bond motifs is 12. The summed E-state index contributed by atoms with van der Waals surface area (Å²) in [5, 5.41) is 16.4. The van der Waals surface area contributed by atoms with Crippen LogP contribution in [0, 0.1) is 0 Å². The van der Waals surface area contributed by atoms with Crippen LogP contribution in [-0.2, 0) is 0 Å². The Labute approximate surface area is 345 Å². The summed E-state index contributed by atoms with van der Waals surface area (Å²) in [5.74, 6) is 0.739. The van der Waals surface area contributed by atoms with Crippen LogP contribution in [0.5, 0.6) is 0 Å². The van der Waals surface area contributed by atoms with E-state index >= 15 is 0 Å². The average Bonchev–Trinajstić information content (AvgIpc) is 3.97. The minimum absolute atomic E-state index is 0.739. The second-order valence-corrected chi connectivity index (χ2v) is 17.7. The third-order valence-corrected chi connectivity index (χ3v) is 14.9. The van der Waals surface area contributed by atoms with Gasteiger partial charge in [-0.2, -0.15) is 0 Å². The molecule has 4 heterocycles. The minimum Gasteiger partial charge on any atom is -0.309 e. The van der Waals surface area contributed by atoms with Gasteiger partial charge in [-0.15, -0.1) is 22.7 Å². The Balaban J connectivity index is 1.08. The summed E-state index contributed by atoms with van der Waals surface area (Å²) in [7, 11) is 0. The SMILES string of the molecule is c1ccc2c(c1)cc1c3c2c2ccccc2c2cccc(c23)n1-c1ccc(-c2nc(-c3cccc4c3sc3ccccc34)c3sc4ccccc4c3n2)c2ccccc12. The summed E-state index contributed by atoms with van der Waals surface area (Å²) in [6, 6.07) is 64.4. The summed E-state index contributed by atoms with van der Waals surface area (Å²) in [4.78, 5) is 11.1. The first kappa shape index (κ1) is 31.9. The number of aromatic nitrogens is 3. The van der Waals surface area contributed by atoms with E-state index in [0.29, 0.717) is 0 Å². The standard InChI is InChI=1S/C54H29N3S2/c1-2-14-31-30(13-1)29-44-49-47(31)36-19-6-4-16-33(36)37-21-12-24-43(48(37)49)57(44)42-28-27-39(32-15-3-5-17-34(32)42)54-55-50-40-20-8-10-26-46(40)59-53(50)51(56-54)41-23-11-22-38-35-18-7-9-25-45(35)58-52(38)41/h1-29H. The highest BCUT2D eigenvalue weighted by Gasteiger charge is 2.24. The van der Waals surface area contributed by atoms with Gasteiger partial charge in [0, 0.05) is 62.9 Å². The maximum atomic E-state index is 5.59. The first-order chi connectivity index (χ1) is 29.3. The fourth-order valence-corrected chi connectivity index (χ4v) is 12.4. The molecule has 59 heavy (non-hydrogen) atoms. The molecule has 14 aromatic rings. The van der Waals surface area contributed by atoms with Crippen molar-refractivity contribution in [3.8, 4) is 28.3 Å². The van der Waals surface area contributed by atoms with E-state index in [1.165, 1.54) is 79.0 Å². The molecule has 4 aromatic heterocycles. The molecule has 3 nitrogen and oxygen atoms in total. The molecular weight excluding hydrogens is 755 g/mol. The molecule has 0 atom stereocenters. The lowest BCUT2D eigenvalue weighted by molar-refractivity contribution is 1.20. The molecule has 0 amide bonds. The molecule has 0 aliphatic heterocycles. The predicted molar refractivity (Wildman–Crippen MR) is 254 cm³/mol. The number of nitrogens with zero attached hydrogens (tertiary/aromatic N) is 3. The van der Waals surface area contributed by atoms with Crippen molar-refractivity contribution < 1.29 is 0 Å². The van der Waals surface area contributed by atoms with E-state index in [4.69, 9.17) is 9.97 Å². The normalized spacial score (nSPS) is 12.4. The van der Waals surface area contributed by atoms with Crippen molar-refractivity contribution in [2.75, 3.05) is 0 Å². The highest BCUT2D eigenvalue weighted by atomic mass is 32.1. The highest BCUT2D eigenvalue weighted by Crippen LogP contribution is 2.49. The van der Waals surface area contributed by atoms with Crippen LogP contribution in [0.4, 0.5) is 0 Å². The second-order valence-electron chi connectivity index (χ2n) is 15.6. The molecule has 14 rings (SSSR count). The third-order valence-electron chi connectivity index (χ3n) is 12.6. The fraction of sp³-hybridized carbons (Fsp3) is 0. The zero-order valence-corrected chi connectivity index (χ0v) is 33.0. The van der Waals surface area contributed by atoms with Crippen LogP contribution in [0.3, 0.4) is 0 Å². The Morgan fingerprint density at radius 2 is 1.00 bits per heavy atom. The Morgan fingerprint density at radius 1 is 0.373 bits per heavy atom. The lowest BCUT2D eigenvalue weighted by atomic mass is 9.91. The smallest absolute Gasteiger partial charge is 0.161 e. The van der Waals surface area contributed by atoms with E-state index in [1.807, 2.05) is 11.3 Å². The largest absolute Gasteiger partial charge is 0.309 e. The number of thiophene rings is 2. The van der Waals surface area contributed by atoms with Gasteiger partial charge in [0.25, 0.3) is 0 Å². The summed E-state index contributed by atoms with van der Waals surface area (Å²) < 4.78 is 7.39. The van der Waals surface area contributed by atoms with Crippen molar-refractivity contribution in [2.45, 2.75) is 0 Å². The van der Waals surface area contributed by atoms with E-state index in [2.05, 4.69) is 180 Å². The number of hydrogen-bond acceptors (Lipinski definition) is 4. The van der Waals surface area contributed by atoms with Crippen LogP contribution in [0.2, 0.25) is 0 Å². The monoisotopic (exact) mass is 783 g/mol. The Bertz CT molecular complexity index is 4090. The number of benzene rings is 10. The lowest BCUT2D eigenvalue weighted by Gasteiger charge is -2.15. The van der Waals surface area contributed by atoms with Gasteiger partial charge in [0.15, 0.2) is 5.82 Å². The quantitative estimate of drug-likeness (QED) is 0.167. The Kier molecular flexibility index (Phi) is 6.32. The first-order valence-corrected chi connectivity index (χ1v) is 21.6. The van der Waals surface area contributed by atoms with Crippen LogP contribution in [0.25, 0.3) is 134 Å². The molecule has 10 aromatic carbocycles. The average molecular weight is 784 g/mol. The number of hydrogen-bond donors (Lipinski definition) is 0.